The normalized spacial score (nSPS) is 23.2. The van der Waals surface area contributed by atoms with Crippen LogP contribution in [0.4, 0.5) is 5.69 Å². The summed E-state index contributed by atoms with van der Waals surface area (Å²) in [5.74, 6) is 0.801. The van der Waals surface area contributed by atoms with E-state index in [1.165, 1.54) is 6.39 Å². The zero-order valence-electron chi connectivity index (χ0n) is 10.9. The lowest BCUT2D eigenvalue weighted by Crippen LogP contribution is -2.32. The van der Waals surface area contributed by atoms with Gasteiger partial charge in [-0.15, -0.1) is 0 Å². The van der Waals surface area contributed by atoms with Crippen LogP contribution < -0.4 is 11.1 Å². The molecule has 0 bridgehead atoms. The maximum absolute atomic E-state index is 5.92. The number of anilines is 1. The maximum atomic E-state index is 5.92. The van der Waals surface area contributed by atoms with Crippen LogP contribution in [0.3, 0.4) is 0 Å². The molecule has 3 N–H and O–H groups in total. The molecule has 2 aromatic rings. The quantitative estimate of drug-likeness (QED) is 0.887. The first-order valence-electron chi connectivity index (χ1n) is 6.82. The minimum atomic E-state index is 0.395. The number of benzene rings is 1. The second-order valence-electron chi connectivity index (χ2n) is 5.20. The van der Waals surface area contributed by atoms with Crippen molar-refractivity contribution in [2.75, 3.05) is 5.32 Å². The molecule has 4 nitrogen and oxygen atoms in total. The fraction of sp³-hybridized carbons (Fsp3) is 0.400. The Hall–Kier alpha value is -1.81. The Labute approximate surface area is 113 Å². The Morgan fingerprint density at radius 1 is 1.11 bits per heavy atom. The highest BCUT2D eigenvalue weighted by atomic mass is 16.3. The van der Waals surface area contributed by atoms with Gasteiger partial charge in [0, 0.05) is 23.3 Å². The highest BCUT2D eigenvalue weighted by molar-refractivity contribution is 5.60. The summed E-state index contributed by atoms with van der Waals surface area (Å²) < 4.78 is 5.28. The Morgan fingerprint density at radius 3 is 2.47 bits per heavy atom. The molecular weight excluding hydrogens is 238 g/mol. The van der Waals surface area contributed by atoms with Gasteiger partial charge in [0.05, 0.1) is 6.20 Å². The van der Waals surface area contributed by atoms with Gasteiger partial charge in [0.2, 0.25) is 0 Å². The van der Waals surface area contributed by atoms with Crippen molar-refractivity contribution in [3.05, 3.63) is 36.9 Å². The molecule has 0 unspecified atom stereocenters. The third-order valence-corrected chi connectivity index (χ3v) is 3.74. The van der Waals surface area contributed by atoms with Crippen LogP contribution in [0.15, 0.2) is 41.3 Å². The molecule has 1 aliphatic rings. The Bertz CT molecular complexity index is 499. The molecule has 1 aromatic carbocycles. The molecule has 19 heavy (non-hydrogen) atoms. The third-order valence-electron chi connectivity index (χ3n) is 3.74. The minimum absolute atomic E-state index is 0.395. The van der Waals surface area contributed by atoms with E-state index in [9.17, 15) is 0 Å². The zero-order chi connectivity index (χ0) is 13.1. The molecule has 3 rings (SSSR count). The minimum Gasteiger partial charge on any atom is -0.444 e. The van der Waals surface area contributed by atoms with Crippen LogP contribution in [-0.4, -0.2) is 17.1 Å². The summed E-state index contributed by atoms with van der Waals surface area (Å²) >= 11 is 0. The van der Waals surface area contributed by atoms with Crippen molar-refractivity contribution >= 4 is 5.69 Å². The van der Waals surface area contributed by atoms with E-state index >= 15 is 0 Å². The molecule has 1 fully saturated rings. The number of nitrogens with two attached hydrogens (primary N) is 1. The van der Waals surface area contributed by atoms with Crippen LogP contribution in [0.1, 0.15) is 25.7 Å². The molecule has 0 aliphatic heterocycles. The Balaban J connectivity index is 1.63. The van der Waals surface area contributed by atoms with E-state index in [1.807, 2.05) is 0 Å². The summed E-state index contributed by atoms with van der Waals surface area (Å²) in [5.41, 5.74) is 8.13. The molecular formula is C15H19N3O. The molecule has 1 heterocycles. The molecule has 1 aliphatic carbocycles. The summed E-state index contributed by atoms with van der Waals surface area (Å²) in [6.45, 7) is 0. The first kappa shape index (κ1) is 12.2. The van der Waals surface area contributed by atoms with Gasteiger partial charge in [0.25, 0.3) is 0 Å². The van der Waals surface area contributed by atoms with Gasteiger partial charge in [-0.1, -0.05) is 0 Å². The topological polar surface area (TPSA) is 64.1 Å². The lowest BCUT2D eigenvalue weighted by Gasteiger charge is -2.27. The predicted molar refractivity (Wildman–Crippen MR) is 75.8 cm³/mol. The smallest absolute Gasteiger partial charge is 0.181 e. The summed E-state index contributed by atoms with van der Waals surface area (Å²) in [5, 5.41) is 3.57. The monoisotopic (exact) mass is 257 g/mol. The van der Waals surface area contributed by atoms with E-state index in [1.54, 1.807) is 6.20 Å². The van der Waals surface area contributed by atoms with Gasteiger partial charge in [-0.05, 0) is 49.9 Å². The molecule has 0 atom stereocenters. The van der Waals surface area contributed by atoms with Crippen molar-refractivity contribution in [3.63, 3.8) is 0 Å². The van der Waals surface area contributed by atoms with E-state index in [-0.39, 0.29) is 0 Å². The maximum Gasteiger partial charge on any atom is 0.181 e. The van der Waals surface area contributed by atoms with Crippen molar-refractivity contribution in [2.24, 2.45) is 5.73 Å². The van der Waals surface area contributed by atoms with Crippen molar-refractivity contribution in [3.8, 4) is 11.3 Å². The largest absolute Gasteiger partial charge is 0.444 e. The zero-order valence-corrected chi connectivity index (χ0v) is 10.9. The van der Waals surface area contributed by atoms with E-state index in [4.69, 9.17) is 10.2 Å². The standard InChI is InChI=1S/C15H19N3O/c16-12-3-7-14(8-4-12)18-13-5-1-11(2-6-13)15-9-17-10-19-15/h1-2,5-6,9-10,12,14,18H,3-4,7-8,16H2. The number of nitrogens with zero attached hydrogens (tertiary/aromatic N) is 1. The number of rotatable bonds is 3. The lowest BCUT2D eigenvalue weighted by molar-refractivity contribution is 0.411. The Kier molecular flexibility index (Phi) is 3.51. The average Bonchev–Trinajstić information content (AvgIpc) is 2.96. The summed E-state index contributed by atoms with van der Waals surface area (Å²) in [4.78, 5) is 3.93. The van der Waals surface area contributed by atoms with Crippen LogP contribution in [0.2, 0.25) is 0 Å². The van der Waals surface area contributed by atoms with Crippen LogP contribution in [0, 0.1) is 0 Å². The van der Waals surface area contributed by atoms with Gasteiger partial charge in [0.1, 0.15) is 0 Å². The SMILES string of the molecule is NC1CCC(Nc2ccc(-c3cnco3)cc2)CC1. The number of hydrogen-bond acceptors (Lipinski definition) is 4. The van der Waals surface area contributed by atoms with E-state index in [0.717, 1.165) is 42.7 Å². The number of aromatic nitrogens is 1. The van der Waals surface area contributed by atoms with E-state index in [0.29, 0.717) is 12.1 Å². The van der Waals surface area contributed by atoms with Crippen molar-refractivity contribution in [1.29, 1.82) is 0 Å². The first-order valence-corrected chi connectivity index (χ1v) is 6.82. The van der Waals surface area contributed by atoms with Crippen LogP contribution in [0.25, 0.3) is 11.3 Å². The molecule has 0 amide bonds. The highest BCUT2D eigenvalue weighted by Crippen LogP contribution is 2.24. The molecule has 0 spiro atoms. The average molecular weight is 257 g/mol. The summed E-state index contributed by atoms with van der Waals surface area (Å²) in [7, 11) is 0. The predicted octanol–water partition coefficient (Wildman–Crippen LogP) is 3.02. The van der Waals surface area contributed by atoms with E-state index < -0.39 is 0 Å². The van der Waals surface area contributed by atoms with Gasteiger partial charge in [-0.3, -0.25) is 0 Å². The van der Waals surface area contributed by atoms with Gasteiger partial charge in [-0.2, -0.15) is 0 Å². The highest BCUT2D eigenvalue weighted by Gasteiger charge is 2.18. The molecule has 1 saturated carbocycles. The molecule has 100 valence electrons. The van der Waals surface area contributed by atoms with Gasteiger partial charge in [-0.25, -0.2) is 4.98 Å². The summed E-state index contributed by atoms with van der Waals surface area (Å²) in [6.07, 6.45) is 7.73. The molecule has 4 heteroatoms. The summed E-state index contributed by atoms with van der Waals surface area (Å²) in [6, 6.07) is 9.23. The molecule has 1 aromatic heterocycles. The van der Waals surface area contributed by atoms with Crippen molar-refractivity contribution in [1.82, 2.24) is 4.98 Å². The van der Waals surface area contributed by atoms with Crippen molar-refractivity contribution < 1.29 is 4.42 Å². The number of nitrogens with one attached hydrogen (secondary N) is 1. The molecule has 0 saturated heterocycles. The van der Waals surface area contributed by atoms with Crippen LogP contribution >= 0.6 is 0 Å². The molecule has 0 radical (unpaired) electrons. The van der Waals surface area contributed by atoms with Gasteiger partial charge >= 0.3 is 0 Å². The number of hydrogen-bond donors (Lipinski definition) is 2. The fourth-order valence-electron chi connectivity index (χ4n) is 2.59. The Morgan fingerprint density at radius 2 is 1.84 bits per heavy atom. The third kappa shape index (κ3) is 2.96. The van der Waals surface area contributed by atoms with E-state index in [2.05, 4.69) is 34.6 Å². The van der Waals surface area contributed by atoms with Crippen LogP contribution in [0.5, 0.6) is 0 Å². The van der Waals surface area contributed by atoms with Crippen LogP contribution in [-0.2, 0) is 0 Å². The van der Waals surface area contributed by atoms with Gasteiger partial charge < -0.3 is 15.5 Å². The second-order valence-corrected chi connectivity index (χ2v) is 5.20. The number of oxazole rings is 1. The van der Waals surface area contributed by atoms with Crippen molar-refractivity contribution in [2.45, 2.75) is 37.8 Å². The first-order chi connectivity index (χ1) is 9.31. The van der Waals surface area contributed by atoms with Gasteiger partial charge in [0.15, 0.2) is 12.2 Å². The second kappa shape index (κ2) is 5.45. The lowest BCUT2D eigenvalue weighted by atomic mass is 9.91. The fourth-order valence-corrected chi connectivity index (χ4v) is 2.59.